The molecule has 0 spiro atoms. The number of sulfonamides is 1. The molecule has 1 saturated heterocycles. The van der Waals surface area contributed by atoms with Crippen LogP contribution >= 0.6 is 59.1 Å². The predicted molar refractivity (Wildman–Crippen MR) is 246 cm³/mol. The average molecular weight is 950 g/mol. The lowest BCUT2D eigenvalue weighted by molar-refractivity contribution is -0.141. The lowest BCUT2D eigenvalue weighted by Crippen LogP contribution is -2.58. The number of methoxy groups -OCH3 is 1. The van der Waals surface area contributed by atoms with Gasteiger partial charge in [-0.15, -0.1) is 54.1 Å². The molecule has 3 N–H and O–H groups in total. The number of hydrogen-bond donors (Lipinski definition) is 3. The number of ether oxygens (including phenoxy) is 2. The molecule has 2 aliphatic carbocycles. The number of fused-ring (bicyclic) bond motifs is 2. The smallest absolute Gasteiger partial charge is 0.259 e. The third-order valence-electron chi connectivity index (χ3n) is 11.3. The second-order valence-corrected chi connectivity index (χ2v) is 20.8. The van der Waals surface area contributed by atoms with Crippen molar-refractivity contribution in [3.8, 4) is 22.2 Å². The minimum absolute atomic E-state index is 0. The van der Waals surface area contributed by atoms with E-state index in [9.17, 15) is 22.8 Å². The molecule has 5 atom stereocenters. The SMILES string of the molecule is C=C[C@@H]1C[C@]1(NC(=O)[C@@H]1C[C@@H](Oc2ncc(OC)c3ccc(Cl)cc23)CN1C(=O)[C@@H](Nc1nc(-c2sc3ccccc3c2C)cs1)C(C)(C)C)C(=O)NS(=O)(=O)C1CC1.Cl.Cl. The summed E-state index contributed by atoms with van der Waals surface area (Å²) in [6, 6.07) is 11.5. The van der Waals surface area contributed by atoms with Crippen LogP contribution in [-0.4, -0.2) is 83.6 Å². The second-order valence-electron chi connectivity index (χ2n) is 16.5. The molecule has 326 valence electrons. The molecule has 1 aliphatic heterocycles. The number of nitrogens with one attached hydrogen (secondary N) is 3. The molecule has 0 radical (unpaired) electrons. The first-order valence-corrected chi connectivity index (χ1v) is 23.0. The molecule has 13 nitrogen and oxygen atoms in total. The summed E-state index contributed by atoms with van der Waals surface area (Å²) in [5, 5.41) is 11.1. The normalized spacial score (nSPS) is 21.5. The lowest BCUT2D eigenvalue weighted by Gasteiger charge is -2.35. The molecule has 3 aliphatic rings. The van der Waals surface area contributed by atoms with Gasteiger partial charge >= 0.3 is 0 Å². The minimum atomic E-state index is -3.90. The van der Waals surface area contributed by atoms with Crippen LogP contribution in [0.25, 0.3) is 31.4 Å². The average Bonchev–Trinajstić information content (AvgIpc) is 4.05. The molecule has 61 heavy (non-hydrogen) atoms. The summed E-state index contributed by atoms with van der Waals surface area (Å²) in [4.78, 5) is 55.1. The molecule has 19 heteroatoms. The van der Waals surface area contributed by atoms with E-state index in [1.54, 1.807) is 29.5 Å². The first kappa shape index (κ1) is 46.3. The van der Waals surface area contributed by atoms with Gasteiger partial charge in [0.25, 0.3) is 5.91 Å². The van der Waals surface area contributed by atoms with Crippen molar-refractivity contribution in [1.29, 1.82) is 0 Å². The van der Waals surface area contributed by atoms with Crippen LogP contribution in [0.2, 0.25) is 5.02 Å². The van der Waals surface area contributed by atoms with Crippen molar-refractivity contribution in [2.45, 2.75) is 82.4 Å². The first-order chi connectivity index (χ1) is 28.0. The van der Waals surface area contributed by atoms with Gasteiger partial charge in [0.2, 0.25) is 27.7 Å². The van der Waals surface area contributed by atoms with E-state index in [0.717, 1.165) is 20.8 Å². The zero-order valence-electron chi connectivity index (χ0n) is 34.0. The Labute approximate surface area is 379 Å². The number of carbonyl (C=O) groups excluding carboxylic acids is 3. The van der Waals surface area contributed by atoms with Gasteiger partial charge in [0.1, 0.15) is 29.5 Å². The van der Waals surface area contributed by atoms with Crippen LogP contribution in [0.3, 0.4) is 0 Å². The fourth-order valence-electron chi connectivity index (χ4n) is 7.77. The Kier molecular flexibility index (Phi) is 13.3. The van der Waals surface area contributed by atoms with Crippen molar-refractivity contribution < 1.29 is 32.3 Å². The Bertz CT molecular complexity index is 2630. The number of thiazole rings is 1. The number of benzene rings is 2. The maximum Gasteiger partial charge on any atom is 0.259 e. The quantitative estimate of drug-likeness (QED) is 0.0986. The van der Waals surface area contributed by atoms with E-state index in [4.69, 9.17) is 26.1 Å². The van der Waals surface area contributed by atoms with Crippen molar-refractivity contribution in [1.82, 2.24) is 24.9 Å². The van der Waals surface area contributed by atoms with E-state index in [0.29, 0.717) is 39.5 Å². The van der Waals surface area contributed by atoms with Crippen LogP contribution in [0.5, 0.6) is 11.6 Å². The standard InChI is InChI=1S/C42H45ClN6O7S3.2ClH/c1-7-23-18-42(23,39(52)48-59(53,54)26-13-14-26)47-36(50)31-17-25(56-37-29-16-24(43)12-15-28(29)32(55-6)19-44-37)20-49(31)38(51)35(41(3,4)5)46-40-45-30(21-57-40)34-22(2)27-10-8-9-11-33(27)58-34;;/h7-12,15-16,19,21,23,25-26,31,35H,1,13-14,17-18,20H2,2-6H3,(H,45,46)(H,47,50)(H,48,52);2*1H/t23-,25-,31+,35-,42-;;/m1../s1. The zero-order chi connectivity index (χ0) is 42.0. The molecule has 2 saturated carbocycles. The highest BCUT2D eigenvalue weighted by Crippen LogP contribution is 2.46. The molecule has 8 rings (SSSR count). The Morgan fingerprint density at radius 2 is 1.84 bits per heavy atom. The molecule has 3 aromatic heterocycles. The fourth-order valence-corrected chi connectivity index (χ4v) is 11.3. The van der Waals surface area contributed by atoms with E-state index in [1.165, 1.54) is 41.0 Å². The summed E-state index contributed by atoms with van der Waals surface area (Å²) in [6.45, 7) is 11.7. The maximum absolute atomic E-state index is 15.0. The van der Waals surface area contributed by atoms with Crippen molar-refractivity contribution in [3.63, 3.8) is 0 Å². The molecule has 0 unspecified atom stereocenters. The third-order valence-corrected chi connectivity index (χ3v) is 15.5. The van der Waals surface area contributed by atoms with Gasteiger partial charge in [-0.1, -0.05) is 56.6 Å². The topological polar surface area (TPSA) is 169 Å². The number of likely N-dealkylation sites (tertiary alicyclic amines) is 1. The number of aromatic nitrogens is 2. The van der Waals surface area contributed by atoms with Crippen molar-refractivity contribution in [2.75, 3.05) is 19.0 Å². The number of pyridine rings is 1. The summed E-state index contributed by atoms with van der Waals surface area (Å²) in [5.74, 6) is -1.56. The van der Waals surface area contributed by atoms with Crippen LogP contribution in [-0.2, 0) is 24.4 Å². The van der Waals surface area contributed by atoms with Gasteiger partial charge in [-0.05, 0) is 66.8 Å². The highest BCUT2D eigenvalue weighted by Gasteiger charge is 2.62. The van der Waals surface area contributed by atoms with Gasteiger partial charge < -0.3 is 25.0 Å². The highest BCUT2D eigenvalue weighted by molar-refractivity contribution is 7.91. The van der Waals surface area contributed by atoms with Crippen molar-refractivity contribution >= 4 is 113 Å². The van der Waals surface area contributed by atoms with Crippen molar-refractivity contribution in [2.24, 2.45) is 11.3 Å². The summed E-state index contributed by atoms with van der Waals surface area (Å²) in [5.41, 5.74) is -0.266. The number of nitrogens with zero attached hydrogens (tertiary/aromatic N) is 3. The van der Waals surface area contributed by atoms with E-state index in [2.05, 4.69) is 46.0 Å². The third kappa shape index (κ3) is 9.03. The number of anilines is 1. The van der Waals surface area contributed by atoms with Gasteiger partial charge in [-0.3, -0.25) is 19.1 Å². The summed E-state index contributed by atoms with van der Waals surface area (Å²) in [6.07, 6.45) is 3.50. The van der Waals surface area contributed by atoms with E-state index in [1.807, 2.05) is 38.3 Å². The minimum Gasteiger partial charge on any atom is -0.494 e. The van der Waals surface area contributed by atoms with Crippen LogP contribution in [0.15, 0.2) is 66.7 Å². The zero-order valence-corrected chi connectivity index (χ0v) is 38.9. The Balaban J connectivity index is 0.00000311. The van der Waals surface area contributed by atoms with E-state index in [-0.39, 0.29) is 56.0 Å². The molecule has 3 amide bonds. The van der Waals surface area contributed by atoms with Crippen LogP contribution in [0.4, 0.5) is 5.13 Å². The van der Waals surface area contributed by atoms with Gasteiger partial charge in [0.05, 0.1) is 35.7 Å². The predicted octanol–water partition coefficient (Wildman–Crippen LogP) is 7.93. The molecule has 3 fully saturated rings. The molecule has 2 aromatic carbocycles. The van der Waals surface area contributed by atoms with Crippen molar-refractivity contribution in [3.05, 3.63) is 77.3 Å². The Morgan fingerprint density at radius 1 is 1.10 bits per heavy atom. The molecular formula is C42H47Cl3N6O7S3. The number of halogens is 3. The maximum atomic E-state index is 15.0. The number of thiophene rings is 1. The molecule has 5 aromatic rings. The molecule has 4 heterocycles. The van der Waals surface area contributed by atoms with Crippen LogP contribution in [0.1, 0.15) is 52.0 Å². The van der Waals surface area contributed by atoms with Gasteiger partial charge in [-0.25, -0.2) is 18.4 Å². The molecular weight excluding hydrogens is 903 g/mol. The van der Waals surface area contributed by atoms with Gasteiger partial charge in [0, 0.05) is 38.2 Å². The largest absolute Gasteiger partial charge is 0.494 e. The number of hydrogen-bond acceptors (Lipinski definition) is 12. The number of amides is 3. The highest BCUT2D eigenvalue weighted by atomic mass is 35.5. The lowest BCUT2D eigenvalue weighted by atomic mass is 9.85. The summed E-state index contributed by atoms with van der Waals surface area (Å²) >= 11 is 9.46. The van der Waals surface area contributed by atoms with E-state index >= 15 is 0 Å². The number of rotatable bonds is 13. The second kappa shape index (κ2) is 17.5. The van der Waals surface area contributed by atoms with E-state index < -0.39 is 62.1 Å². The van der Waals surface area contributed by atoms with Crippen LogP contribution < -0.4 is 24.8 Å². The monoisotopic (exact) mass is 948 g/mol. The summed E-state index contributed by atoms with van der Waals surface area (Å²) < 4.78 is 41.0. The number of carbonyl (C=O) groups is 3. The van der Waals surface area contributed by atoms with Crippen LogP contribution in [0, 0.1) is 18.3 Å². The number of aryl methyl sites for hydroxylation is 1. The fraction of sp³-hybridized carbons (Fsp3) is 0.405. The first-order valence-electron chi connectivity index (χ1n) is 19.3. The Hall–Kier alpha value is -4.19. The Morgan fingerprint density at radius 3 is 2.49 bits per heavy atom. The molecule has 0 bridgehead atoms. The summed E-state index contributed by atoms with van der Waals surface area (Å²) in [7, 11) is -2.36. The van der Waals surface area contributed by atoms with Gasteiger partial charge in [-0.2, -0.15) is 0 Å². The van der Waals surface area contributed by atoms with Gasteiger partial charge in [0.15, 0.2) is 5.13 Å².